The molecule has 0 saturated carbocycles. The first-order valence-electron chi connectivity index (χ1n) is 8.20. The number of hydrogen-bond acceptors (Lipinski definition) is 7. The molecule has 11 heteroatoms. The van der Waals surface area contributed by atoms with Gasteiger partial charge >= 0.3 is 5.69 Å². The van der Waals surface area contributed by atoms with Crippen molar-refractivity contribution in [1.82, 2.24) is 28.8 Å². The molecule has 0 spiro atoms. The van der Waals surface area contributed by atoms with Crippen LogP contribution in [0.3, 0.4) is 0 Å². The van der Waals surface area contributed by atoms with Gasteiger partial charge in [0.05, 0.1) is 12.7 Å². The summed E-state index contributed by atoms with van der Waals surface area (Å²) < 4.78 is 14.3. The van der Waals surface area contributed by atoms with E-state index in [2.05, 4.69) is 15.1 Å². The number of fused-ring (bicyclic) bond motifs is 1. The van der Waals surface area contributed by atoms with Gasteiger partial charge in [-0.05, 0) is 23.7 Å². The monoisotopic (exact) mass is 402 g/mol. The van der Waals surface area contributed by atoms with Crippen molar-refractivity contribution in [3.8, 4) is 17.1 Å². The summed E-state index contributed by atoms with van der Waals surface area (Å²) in [6.45, 7) is 0.0188. The van der Waals surface area contributed by atoms with Crippen LogP contribution in [0.1, 0.15) is 5.89 Å². The number of hydrogen-bond donors (Lipinski definition) is 0. The van der Waals surface area contributed by atoms with Gasteiger partial charge in [-0.15, -0.1) is 0 Å². The first kappa shape index (κ1) is 18.0. The lowest BCUT2D eigenvalue weighted by Crippen LogP contribution is -2.37. The van der Waals surface area contributed by atoms with Gasteiger partial charge in [-0.1, -0.05) is 17.3 Å². The highest BCUT2D eigenvalue weighted by molar-refractivity contribution is 6.29. The number of imidazole rings is 1. The van der Waals surface area contributed by atoms with Gasteiger partial charge in [0.25, 0.3) is 5.56 Å². The maximum absolute atomic E-state index is 12.6. The number of nitrogens with zero attached hydrogens (tertiary/aromatic N) is 6. The van der Waals surface area contributed by atoms with Gasteiger partial charge in [0.1, 0.15) is 12.3 Å². The van der Waals surface area contributed by atoms with Gasteiger partial charge in [-0.2, -0.15) is 9.97 Å². The lowest BCUT2D eigenvalue weighted by atomic mass is 10.2. The molecule has 0 N–H and O–H groups in total. The van der Waals surface area contributed by atoms with Crippen molar-refractivity contribution in [3.63, 3.8) is 0 Å². The molecule has 28 heavy (non-hydrogen) atoms. The van der Waals surface area contributed by atoms with Crippen molar-refractivity contribution < 1.29 is 9.26 Å². The maximum Gasteiger partial charge on any atom is 0.332 e. The fourth-order valence-corrected chi connectivity index (χ4v) is 3.18. The average molecular weight is 403 g/mol. The number of ether oxygens (including phenoxy) is 1. The SMILES string of the molecule is COc1ccccc1-c1noc(Cn2c(Cl)nc3c2c(=O)n(C)c(=O)n3C)n1. The number of aromatic nitrogens is 6. The molecule has 0 radical (unpaired) electrons. The molecule has 0 atom stereocenters. The van der Waals surface area contributed by atoms with Crippen molar-refractivity contribution in [1.29, 1.82) is 0 Å². The quantitative estimate of drug-likeness (QED) is 0.471. The minimum atomic E-state index is -0.512. The second kappa shape index (κ2) is 6.64. The van der Waals surface area contributed by atoms with E-state index in [1.54, 1.807) is 19.2 Å². The summed E-state index contributed by atoms with van der Waals surface area (Å²) in [7, 11) is 4.46. The first-order chi connectivity index (χ1) is 13.4. The lowest BCUT2D eigenvalue weighted by molar-refractivity contribution is 0.372. The smallest absolute Gasteiger partial charge is 0.332 e. The van der Waals surface area contributed by atoms with Crippen LogP contribution in [0.2, 0.25) is 5.28 Å². The number of rotatable bonds is 4. The summed E-state index contributed by atoms with van der Waals surface area (Å²) >= 11 is 6.22. The molecule has 0 aliphatic heterocycles. The first-order valence-corrected chi connectivity index (χ1v) is 8.58. The Bertz CT molecular complexity index is 1320. The molecule has 0 saturated heterocycles. The van der Waals surface area contributed by atoms with Gasteiger partial charge < -0.3 is 9.26 Å². The zero-order chi connectivity index (χ0) is 20.0. The van der Waals surface area contributed by atoms with E-state index in [9.17, 15) is 9.59 Å². The van der Waals surface area contributed by atoms with Crippen molar-refractivity contribution in [2.24, 2.45) is 14.1 Å². The molecular formula is C17H15ClN6O4. The summed E-state index contributed by atoms with van der Waals surface area (Å²) in [5.74, 6) is 1.16. The van der Waals surface area contributed by atoms with E-state index < -0.39 is 11.2 Å². The van der Waals surface area contributed by atoms with Crippen LogP contribution in [-0.4, -0.2) is 35.9 Å². The predicted octanol–water partition coefficient (Wildman–Crippen LogP) is 1.19. The third-order valence-electron chi connectivity index (χ3n) is 4.41. The molecule has 1 aromatic carbocycles. The van der Waals surface area contributed by atoms with Crippen LogP contribution in [0, 0.1) is 0 Å². The third-order valence-corrected chi connectivity index (χ3v) is 4.70. The van der Waals surface area contributed by atoms with Gasteiger partial charge in [0.2, 0.25) is 17.0 Å². The Hall–Kier alpha value is -3.40. The molecule has 0 fully saturated rings. The van der Waals surface area contributed by atoms with Crippen LogP contribution in [-0.2, 0) is 20.6 Å². The van der Waals surface area contributed by atoms with E-state index in [0.29, 0.717) is 17.1 Å². The molecule has 0 aliphatic rings. The molecule has 0 unspecified atom stereocenters. The minimum absolute atomic E-state index is 0.0188. The third kappa shape index (κ3) is 2.69. The molecule has 10 nitrogen and oxygen atoms in total. The molecule has 3 heterocycles. The van der Waals surface area contributed by atoms with E-state index in [1.807, 2.05) is 12.1 Å². The second-order valence-corrected chi connectivity index (χ2v) is 6.40. The van der Waals surface area contributed by atoms with E-state index in [-0.39, 0.29) is 28.9 Å². The summed E-state index contributed by atoms with van der Waals surface area (Å²) in [5, 5.41) is 4.01. The van der Waals surface area contributed by atoms with Crippen LogP contribution >= 0.6 is 11.6 Å². The van der Waals surface area contributed by atoms with Crippen molar-refractivity contribution in [2.45, 2.75) is 6.54 Å². The Morgan fingerprint density at radius 2 is 1.89 bits per heavy atom. The summed E-state index contributed by atoms with van der Waals surface area (Å²) in [5.41, 5.74) is 0.0196. The molecular weight excluding hydrogens is 388 g/mol. The number of benzene rings is 1. The summed E-state index contributed by atoms with van der Waals surface area (Å²) in [6.07, 6.45) is 0. The Morgan fingerprint density at radius 1 is 1.14 bits per heavy atom. The largest absolute Gasteiger partial charge is 0.496 e. The Balaban J connectivity index is 1.80. The van der Waals surface area contributed by atoms with Crippen LogP contribution < -0.4 is 16.0 Å². The van der Waals surface area contributed by atoms with E-state index >= 15 is 0 Å². The van der Waals surface area contributed by atoms with Crippen LogP contribution in [0.15, 0.2) is 38.4 Å². The second-order valence-electron chi connectivity index (χ2n) is 6.06. The predicted molar refractivity (Wildman–Crippen MR) is 101 cm³/mol. The topological polar surface area (TPSA) is 110 Å². The average Bonchev–Trinajstić information content (AvgIpc) is 3.30. The highest BCUT2D eigenvalue weighted by Crippen LogP contribution is 2.27. The Labute approximate surface area is 162 Å². The lowest BCUT2D eigenvalue weighted by Gasteiger charge is -2.05. The van der Waals surface area contributed by atoms with Gasteiger partial charge in [-0.3, -0.25) is 18.5 Å². The number of halogens is 1. The molecule has 144 valence electrons. The minimum Gasteiger partial charge on any atom is -0.496 e. The summed E-state index contributed by atoms with van der Waals surface area (Å²) in [6, 6.07) is 7.26. The van der Waals surface area contributed by atoms with Crippen LogP contribution in [0.5, 0.6) is 5.75 Å². The molecule has 0 bridgehead atoms. The molecule has 4 rings (SSSR count). The van der Waals surface area contributed by atoms with E-state index in [4.69, 9.17) is 20.9 Å². The van der Waals surface area contributed by atoms with E-state index in [1.165, 1.54) is 23.2 Å². The maximum atomic E-state index is 12.6. The van der Waals surface area contributed by atoms with Crippen LogP contribution in [0.25, 0.3) is 22.6 Å². The zero-order valence-corrected chi connectivity index (χ0v) is 16.0. The fraction of sp³-hybridized carbons (Fsp3) is 0.235. The molecule has 0 amide bonds. The molecule has 0 aliphatic carbocycles. The summed E-state index contributed by atoms with van der Waals surface area (Å²) in [4.78, 5) is 33.2. The van der Waals surface area contributed by atoms with Crippen LogP contribution in [0.4, 0.5) is 0 Å². The standard InChI is InChI=1S/C17H15ClN6O4/c1-22-14-12(15(25)23(2)17(22)26)24(16(18)20-14)8-11-19-13(21-28-11)9-6-4-5-7-10(9)27-3/h4-7H,8H2,1-3H3. The van der Waals surface area contributed by atoms with Gasteiger partial charge in [0.15, 0.2) is 11.2 Å². The van der Waals surface area contributed by atoms with Crippen molar-refractivity contribution in [3.05, 3.63) is 56.3 Å². The Kier molecular flexibility index (Phi) is 4.27. The number of aryl methyl sites for hydroxylation is 1. The Morgan fingerprint density at radius 3 is 2.64 bits per heavy atom. The van der Waals surface area contributed by atoms with E-state index in [0.717, 1.165) is 4.57 Å². The normalized spacial score (nSPS) is 11.3. The van der Waals surface area contributed by atoms with Gasteiger partial charge in [-0.25, -0.2) is 4.79 Å². The van der Waals surface area contributed by atoms with Crippen molar-refractivity contribution in [2.75, 3.05) is 7.11 Å². The fourth-order valence-electron chi connectivity index (χ4n) is 2.96. The molecule has 3 aromatic heterocycles. The number of methoxy groups -OCH3 is 1. The van der Waals surface area contributed by atoms with Gasteiger partial charge in [0, 0.05) is 14.1 Å². The number of para-hydroxylation sites is 1. The highest BCUT2D eigenvalue weighted by atomic mass is 35.5. The zero-order valence-electron chi connectivity index (χ0n) is 15.2. The molecule has 4 aromatic rings. The highest BCUT2D eigenvalue weighted by Gasteiger charge is 2.20. The van der Waals surface area contributed by atoms with Crippen molar-refractivity contribution >= 4 is 22.8 Å².